The van der Waals surface area contributed by atoms with E-state index in [1.165, 1.54) is 12.3 Å². The molecule has 1 aliphatic heterocycles. The molecule has 6 heteroatoms. The molecule has 0 atom stereocenters. The lowest BCUT2D eigenvalue weighted by atomic mass is 10.0. The van der Waals surface area contributed by atoms with Gasteiger partial charge in [0.25, 0.3) is 5.91 Å². The lowest BCUT2D eigenvalue weighted by molar-refractivity contribution is 0.0714. The van der Waals surface area contributed by atoms with Gasteiger partial charge in [-0.2, -0.15) is 0 Å². The normalized spacial score (nSPS) is 14.3. The standard InChI is InChI=1S/C24H20FN3O2/c25-20-8-2-1-6-18(20)19-7-3-5-17-10-11-22(26-23(17)19)27-12-14-28(15-13-27)24(29)21-9-4-16-30-21/h1-11,16H,12-15H2. The average Bonchev–Trinajstić information content (AvgIpc) is 3.33. The van der Waals surface area contributed by atoms with E-state index in [0.29, 0.717) is 37.5 Å². The number of aromatic nitrogens is 1. The topological polar surface area (TPSA) is 49.6 Å². The third-order valence-corrected chi connectivity index (χ3v) is 5.49. The fourth-order valence-corrected chi connectivity index (χ4v) is 3.90. The van der Waals surface area contributed by atoms with Gasteiger partial charge in [0, 0.05) is 42.7 Å². The van der Waals surface area contributed by atoms with Crippen LogP contribution in [-0.4, -0.2) is 42.0 Å². The Bertz CT molecular complexity index is 1200. The van der Waals surface area contributed by atoms with E-state index in [1.807, 2.05) is 36.4 Å². The zero-order valence-corrected chi connectivity index (χ0v) is 16.3. The molecule has 0 radical (unpaired) electrons. The first-order valence-electron chi connectivity index (χ1n) is 9.93. The molecule has 150 valence electrons. The van der Waals surface area contributed by atoms with Crippen molar-refractivity contribution < 1.29 is 13.6 Å². The lowest BCUT2D eigenvalue weighted by Crippen LogP contribution is -2.49. The third-order valence-electron chi connectivity index (χ3n) is 5.49. The fourth-order valence-electron chi connectivity index (χ4n) is 3.90. The zero-order valence-electron chi connectivity index (χ0n) is 16.3. The summed E-state index contributed by atoms with van der Waals surface area (Å²) in [5.41, 5.74) is 2.09. The van der Waals surface area contributed by atoms with E-state index in [4.69, 9.17) is 9.40 Å². The maximum absolute atomic E-state index is 14.4. The predicted molar refractivity (Wildman–Crippen MR) is 114 cm³/mol. The van der Waals surface area contributed by atoms with Crippen LogP contribution in [0.2, 0.25) is 0 Å². The first-order chi connectivity index (χ1) is 14.7. The highest BCUT2D eigenvalue weighted by atomic mass is 19.1. The predicted octanol–water partition coefficient (Wildman–Crippen LogP) is 4.60. The maximum atomic E-state index is 14.4. The Morgan fingerprint density at radius 1 is 0.867 bits per heavy atom. The highest BCUT2D eigenvalue weighted by Crippen LogP contribution is 2.31. The number of hydrogen-bond acceptors (Lipinski definition) is 4. The Balaban J connectivity index is 1.41. The average molecular weight is 401 g/mol. The second kappa shape index (κ2) is 7.63. The number of carbonyl (C=O) groups excluding carboxylic acids is 1. The Hall–Kier alpha value is -3.67. The smallest absolute Gasteiger partial charge is 0.289 e. The minimum Gasteiger partial charge on any atom is -0.459 e. The summed E-state index contributed by atoms with van der Waals surface area (Å²) < 4.78 is 19.6. The molecule has 2 aromatic carbocycles. The maximum Gasteiger partial charge on any atom is 0.289 e. The molecule has 30 heavy (non-hydrogen) atoms. The van der Waals surface area contributed by atoms with Crippen molar-refractivity contribution in [1.82, 2.24) is 9.88 Å². The van der Waals surface area contributed by atoms with Crippen molar-refractivity contribution in [2.24, 2.45) is 0 Å². The van der Waals surface area contributed by atoms with E-state index in [0.717, 1.165) is 22.3 Å². The van der Waals surface area contributed by atoms with Gasteiger partial charge in [-0.05, 0) is 30.3 Å². The van der Waals surface area contributed by atoms with Gasteiger partial charge < -0.3 is 14.2 Å². The molecule has 0 saturated carbocycles. The van der Waals surface area contributed by atoms with Crippen molar-refractivity contribution in [2.45, 2.75) is 0 Å². The Morgan fingerprint density at radius 2 is 1.67 bits per heavy atom. The van der Waals surface area contributed by atoms with Gasteiger partial charge in [0.1, 0.15) is 11.6 Å². The molecule has 1 fully saturated rings. The van der Waals surface area contributed by atoms with Gasteiger partial charge in [-0.15, -0.1) is 0 Å². The highest BCUT2D eigenvalue weighted by Gasteiger charge is 2.24. The number of benzene rings is 2. The summed E-state index contributed by atoms with van der Waals surface area (Å²) in [5, 5.41) is 0.964. The van der Waals surface area contributed by atoms with Crippen LogP contribution in [0.4, 0.5) is 10.2 Å². The quantitative estimate of drug-likeness (QED) is 0.504. The molecular formula is C24H20FN3O2. The number of rotatable bonds is 3. The number of fused-ring (bicyclic) bond motifs is 1. The van der Waals surface area contributed by atoms with Gasteiger partial charge in [-0.3, -0.25) is 4.79 Å². The number of furan rings is 1. The minimum atomic E-state index is -0.262. The van der Waals surface area contributed by atoms with Crippen molar-refractivity contribution in [3.8, 4) is 11.1 Å². The fraction of sp³-hybridized carbons (Fsp3) is 0.167. The first kappa shape index (κ1) is 18.4. The molecule has 1 saturated heterocycles. The molecule has 0 bridgehead atoms. The van der Waals surface area contributed by atoms with Crippen molar-refractivity contribution in [1.29, 1.82) is 0 Å². The Labute approximate surface area is 173 Å². The summed E-state index contributed by atoms with van der Waals surface area (Å²) in [6.45, 7) is 2.53. The van der Waals surface area contributed by atoms with Crippen molar-refractivity contribution in [3.63, 3.8) is 0 Å². The van der Waals surface area contributed by atoms with E-state index < -0.39 is 0 Å². The molecule has 0 N–H and O–H groups in total. The van der Waals surface area contributed by atoms with E-state index in [9.17, 15) is 9.18 Å². The summed E-state index contributed by atoms with van der Waals surface area (Å²) in [7, 11) is 0. The molecule has 1 aliphatic rings. The second-order valence-electron chi connectivity index (χ2n) is 7.28. The van der Waals surface area contributed by atoms with Gasteiger partial charge in [-0.25, -0.2) is 9.37 Å². The summed E-state index contributed by atoms with van der Waals surface area (Å²) in [6, 6.07) is 20.0. The first-order valence-corrected chi connectivity index (χ1v) is 9.93. The van der Waals surface area contributed by atoms with E-state index >= 15 is 0 Å². The molecule has 5 rings (SSSR count). The van der Waals surface area contributed by atoms with Gasteiger partial charge in [0.2, 0.25) is 0 Å². The van der Waals surface area contributed by atoms with Crippen LogP contribution in [0.5, 0.6) is 0 Å². The molecule has 3 heterocycles. The summed E-state index contributed by atoms with van der Waals surface area (Å²) in [4.78, 5) is 21.3. The zero-order chi connectivity index (χ0) is 20.5. The molecule has 5 nitrogen and oxygen atoms in total. The summed E-state index contributed by atoms with van der Waals surface area (Å²) in [6.07, 6.45) is 1.51. The number of pyridine rings is 1. The SMILES string of the molecule is O=C(c1ccco1)N1CCN(c2ccc3cccc(-c4ccccc4F)c3n2)CC1. The summed E-state index contributed by atoms with van der Waals surface area (Å²) in [5.74, 6) is 0.841. The molecule has 0 unspecified atom stereocenters. The van der Waals surface area contributed by atoms with Crippen LogP contribution in [0.3, 0.4) is 0 Å². The third kappa shape index (κ3) is 3.30. The van der Waals surface area contributed by atoms with Gasteiger partial charge >= 0.3 is 0 Å². The Morgan fingerprint density at radius 3 is 2.43 bits per heavy atom. The number of carbonyl (C=O) groups is 1. The Kier molecular flexibility index (Phi) is 4.67. The van der Waals surface area contributed by atoms with Crippen molar-refractivity contribution in [2.75, 3.05) is 31.1 Å². The van der Waals surface area contributed by atoms with Crippen molar-refractivity contribution in [3.05, 3.63) is 84.6 Å². The van der Waals surface area contributed by atoms with Crippen LogP contribution >= 0.6 is 0 Å². The number of halogens is 1. The lowest BCUT2D eigenvalue weighted by Gasteiger charge is -2.35. The second-order valence-corrected chi connectivity index (χ2v) is 7.28. The number of nitrogens with zero attached hydrogens (tertiary/aromatic N) is 3. The highest BCUT2D eigenvalue weighted by molar-refractivity contribution is 5.95. The van der Waals surface area contributed by atoms with Crippen LogP contribution in [0, 0.1) is 5.82 Å². The van der Waals surface area contributed by atoms with Crippen LogP contribution in [0.15, 0.2) is 77.4 Å². The summed E-state index contributed by atoms with van der Waals surface area (Å²) >= 11 is 0. The van der Waals surface area contributed by atoms with E-state index in [1.54, 1.807) is 29.2 Å². The molecule has 1 amide bonds. The van der Waals surface area contributed by atoms with Crippen LogP contribution in [0.25, 0.3) is 22.0 Å². The van der Waals surface area contributed by atoms with E-state index in [-0.39, 0.29) is 11.7 Å². The number of piperazine rings is 1. The van der Waals surface area contributed by atoms with Crippen molar-refractivity contribution >= 4 is 22.6 Å². The van der Waals surface area contributed by atoms with Gasteiger partial charge in [-0.1, -0.05) is 36.4 Å². The molecule has 2 aromatic heterocycles. The number of para-hydroxylation sites is 1. The van der Waals surface area contributed by atoms with Gasteiger partial charge in [0.05, 0.1) is 11.8 Å². The minimum absolute atomic E-state index is 0.0899. The van der Waals surface area contributed by atoms with Gasteiger partial charge in [0.15, 0.2) is 5.76 Å². The molecule has 4 aromatic rings. The molecule has 0 aliphatic carbocycles. The van der Waals surface area contributed by atoms with Crippen LogP contribution in [-0.2, 0) is 0 Å². The number of anilines is 1. The van der Waals surface area contributed by atoms with Crippen LogP contribution < -0.4 is 4.90 Å². The number of hydrogen-bond donors (Lipinski definition) is 0. The number of amides is 1. The molecule has 0 spiro atoms. The molecular weight excluding hydrogens is 381 g/mol. The van der Waals surface area contributed by atoms with Crippen LogP contribution in [0.1, 0.15) is 10.6 Å². The largest absolute Gasteiger partial charge is 0.459 e. The monoisotopic (exact) mass is 401 g/mol. The van der Waals surface area contributed by atoms with E-state index in [2.05, 4.69) is 4.90 Å².